The van der Waals surface area contributed by atoms with Crippen molar-refractivity contribution in [2.24, 2.45) is 0 Å². The first-order valence-corrected chi connectivity index (χ1v) is 6.97. The Balaban J connectivity index is 1.68. The summed E-state index contributed by atoms with van der Waals surface area (Å²) in [5, 5.41) is 6.22. The van der Waals surface area contributed by atoms with Crippen LogP contribution in [0.4, 0.5) is 5.69 Å². The molecule has 110 valence electrons. The standard InChI is InChI=1S/C16H18N2O3/c1-10-3-5-13(21-10)8-17-11(2)12-4-6-15-14(7-12)18-16(19)9-20-15/h3-7,11,17H,8-9H2,1-2H3,(H,18,19)/t11-/m1/s1. The molecule has 0 saturated carbocycles. The zero-order chi connectivity index (χ0) is 14.8. The van der Waals surface area contributed by atoms with Crippen LogP contribution in [-0.4, -0.2) is 12.5 Å². The molecule has 1 aromatic heterocycles. The van der Waals surface area contributed by atoms with Gasteiger partial charge in [-0.3, -0.25) is 4.79 Å². The van der Waals surface area contributed by atoms with E-state index in [-0.39, 0.29) is 18.6 Å². The number of fused-ring (bicyclic) bond motifs is 1. The topological polar surface area (TPSA) is 63.5 Å². The number of amides is 1. The predicted octanol–water partition coefficient (Wildman–Crippen LogP) is 2.77. The summed E-state index contributed by atoms with van der Waals surface area (Å²) in [4.78, 5) is 11.4. The van der Waals surface area contributed by atoms with E-state index in [2.05, 4.69) is 17.6 Å². The molecule has 1 aliphatic heterocycles. The first-order valence-electron chi connectivity index (χ1n) is 6.97. The predicted molar refractivity (Wildman–Crippen MR) is 79.3 cm³/mol. The highest BCUT2D eigenvalue weighted by atomic mass is 16.5. The van der Waals surface area contributed by atoms with E-state index in [1.807, 2.05) is 37.3 Å². The molecule has 0 spiro atoms. The molecule has 3 rings (SSSR count). The average molecular weight is 286 g/mol. The summed E-state index contributed by atoms with van der Waals surface area (Å²) in [6, 6.07) is 9.89. The quantitative estimate of drug-likeness (QED) is 0.907. The molecule has 1 aromatic carbocycles. The van der Waals surface area contributed by atoms with Crippen LogP contribution in [0.1, 0.15) is 30.0 Å². The van der Waals surface area contributed by atoms with Gasteiger partial charge in [0.25, 0.3) is 5.91 Å². The zero-order valence-corrected chi connectivity index (χ0v) is 12.1. The van der Waals surface area contributed by atoms with Crippen molar-refractivity contribution in [3.8, 4) is 5.75 Å². The van der Waals surface area contributed by atoms with Crippen LogP contribution in [0.3, 0.4) is 0 Å². The lowest BCUT2D eigenvalue weighted by molar-refractivity contribution is -0.118. The molecule has 0 saturated heterocycles. The third-order valence-electron chi connectivity index (χ3n) is 3.51. The highest BCUT2D eigenvalue weighted by molar-refractivity contribution is 5.95. The molecule has 0 unspecified atom stereocenters. The number of rotatable bonds is 4. The van der Waals surface area contributed by atoms with Gasteiger partial charge < -0.3 is 19.8 Å². The van der Waals surface area contributed by atoms with Crippen molar-refractivity contribution in [1.82, 2.24) is 5.32 Å². The van der Waals surface area contributed by atoms with Gasteiger partial charge in [0.1, 0.15) is 17.3 Å². The number of hydrogen-bond donors (Lipinski definition) is 2. The molecule has 0 radical (unpaired) electrons. The molecule has 5 heteroatoms. The van der Waals surface area contributed by atoms with Crippen molar-refractivity contribution < 1.29 is 13.9 Å². The fourth-order valence-corrected chi connectivity index (χ4v) is 2.32. The van der Waals surface area contributed by atoms with Crippen LogP contribution in [0, 0.1) is 6.92 Å². The van der Waals surface area contributed by atoms with E-state index >= 15 is 0 Å². The first kappa shape index (κ1) is 13.7. The van der Waals surface area contributed by atoms with Crippen molar-refractivity contribution in [1.29, 1.82) is 0 Å². The van der Waals surface area contributed by atoms with Gasteiger partial charge in [-0.25, -0.2) is 0 Å². The lowest BCUT2D eigenvalue weighted by Gasteiger charge is -2.20. The summed E-state index contributed by atoms with van der Waals surface area (Å²) in [5.41, 5.74) is 1.81. The second-order valence-corrected chi connectivity index (χ2v) is 5.21. The number of carbonyl (C=O) groups is 1. The zero-order valence-electron chi connectivity index (χ0n) is 12.1. The van der Waals surface area contributed by atoms with Crippen LogP contribution >= 0.6 is 0 Å². The molecule has 2 N–H and O–H groups in total. The summed E-state index contributed by atoms with van der Waals surface area (Å²) < 4.78 is 10.9. The maximum Gasteiger partial charge on any atom is 0.262 e. The number of aryl methyl sites for hydroxylation is 1. The molecule has 0 bridgehead atoms. The Hall–Kier alpha value is -2.27. The maximum atomic E-state index is 11.4. The van der Waals surface area contributed by atoms with E-state index in [1.165, 1.54) is 0 Å². The summed E-state index contributed by atoms with van der Waals surface area (Å²) in [6.45, 7) is 4.75. The summed E-state index contributed by atoms with van der Waals surface area (Å²) in [5.74, 6) is 2.42. The van der Waals surface area contributed by atoms with Gasteiger partial charge in [0.15, 0.2) is 6.61 Å². The fourth-order valence-electron chi connectivity index (χ4n) is 2.32. The number of furan rings is 1. The number of benzene rings is 1. The van der Waals surface area contributed by atoms with Crippen molar-refractivity contribution >= 4 is 11.6 Å². The van der Waals surface area contributed by atoms with Gasteiger partial charge in [0.05, 0.1) is 12.2 Å². The highest BCUT2D eigenvalue weighted by Crippen LogP contribution is 2.30. The number of nitrogens with one attached hydrogen (secondary N) is 2. The van der Waals surface area contributed by atoms with E-state index in [0.29, 0.717) is 12.3 Å². The highest BCUT2D eigenvalue weighted by Gasteiger charge is 2.17. The van der Waals surface area contributed by atoms with Crippen LogP contribution in [0.15, 0.2) is 34.7 Å². The van der Waals surface area contributed by atoms with Crippen molar-refractivity contribution in [2.75, 3.05) is 11.9 Å². The minimum Gasteiger partial charge on any atom is -0.482 e. The smallest absolute Gasteiger partial charge is 0.262 e. The molecule has 1 amide bonds. The van der Waals surface area contributed by atoms with E-state index < -0.39 is 0 Å². The van der Waals surface area contributed by atoms with E-state index in [0.717, 1.165) is 22.8 Å². The number of anilines is 1. The molecule has 1 atom stereocenters. The maximum absolute atomic E-state index is 11.4. The third-order valence-corrected chi connectivity index (χ3v) is 3.51. The molecule has 0 fully saturated rings. The fraction of sp³-hybridized carbons (Fsp3) is 0.312. The number of ether oxygens (including phenoxy) is 1. The Morgan fingerprint density at radius 3 is 2.95 bits per heavy atom. The Labute approximate surface area is 123 Å². The molecule has 0 aliphatic carbocycles. The molecular formula is C16H18N2O3. The average Bonchev–Trinajstić information content (AvgIpc) is 2.89. The SMILES string of the molecule is Cc1ccc(CN[C@H](C)c2ccc3c(c2)NC(=O)CO3)o1. The number of carbonyl (C=O) groups excluding carboxylic acids is 1. The monoisotopic (exact) mass is 286 g/mol. The van der Waals surface area contributed by atoms with Gasteiger partial charge in [0, 0.05) is 6.04 Å². The van der Waals surface area contributed by atoms with Crippen molar-refractivity contribution in [2.45, 2.75) is 26.4 Å². The molecule has 21 heavy (non-hydrogen) atoms. The van der Waals surface area contributed by atoms with Gasteiger partial charge in [-0.2, -0.15) is 0 Å². The summed E-state index contributed by atoms with van der Waals surface area (Å²) >= 11 is 0. The largest absolute Gasteiger partial charge is 0.482 e. The minimum absolute atomic E-state index is 0.0813. The van der Waals surface area contributed by atoms with E-state index in [1.54, 1.807) is 0 Å². The molecule has 5 nitrogen and oxygen atoms in total. The Kier molecular flexibility index (Phi) is 3.66. The third kappa shape index (κ3) is 3.08. The van der Waals surface area contributed by atoms with Gasteiger partial charge in [-0.1, -0.05) is 6.07 Å². The van der Waals surface area contributed by atoms with Crippen LogP contribution in [0.5, 0.6) is 5.75 Å². The van der Waals surface area contributed by atoms with Crippen molar-refractivity contribution in [3.63, 3.8) is 0 Å². The van der Waals surface area contributed by atoms with Gasteiger partial charge in [0.2, 0.25) is 0 Å². The summed E-state index contributed by atoms with van der Waals surface area (Å²) in [6.07, 6.45) is 0. The van der Waals surface area contributed by atoms with Crippen LogP contribution in [-0.2, 0) is 11.3 Å². The van der Waals surface area contributed by atoms with Crippen LogP contribution < -0.4 is 15.4 Å². The summed E-state index contributed by atoms with van der Waals surface area (Å²) in [7, 11) is 0. The molecule has 2 aromatic rings. The minimum atomic E-state index is -0.119. The second kappa shape index (κ2) is 5.61. The Morgan fingerprint density at radius 2 is 2.19 bits per heavy atom. The normalized spacial score (nSPS) is 15.0. The molecule has 2 heterocycles. The van der Waals surface area contributed by atoms with Crippen LogP contribution in [0.25, 0.3) is 0 Å². The van der Waals surface area contributed by atoms with Crippen molar-refractivity contribution in [3.05, 3.63) is 47.4 Å². The van der Waals surface area contributed by atoms with Gasteiger partial charge in [-0.05, 0) is 43.7 Å². The number of hydrogen-bond acceptors (Lipinski definition) is 4. The van der Waals surface area contributed by atoms with Gasteiger partial charge in [-0.15, -0.1) is 0 Å². The first-order chi connectivity index (χ1) is 10.1. The lowest BCUT2D eigenvalue weighted by Crippen LogP contribution is -2.26. The Morgan fingerprint density at radius 1 is 1.33 bits per heavy atom. The Bertz CT molecular complexity index is 663. The van der Waals surface area contributed by atoms with E-state index in [9.17, 15) is 4.79 Å². The molecule has 1 aliphatic rings. The second-order valence-electron chi connectivity index (χ2n) is 5.21. The van der Waals surface area contributed by atoms with E-state index in [4.69, 9.17) is 9.15 Å². The molecular weight excluding hydrogens is 268 g/mol. The van der Waals surface area contributed by atoms with Gasteiger partial charge >= 0.3 is 0 Å². The lowest BCUT2D eigenvalue weighted by atomic mass is 10.1. The van der Waals surface area contributed by atoms with Crippen LogP contribution in [0.2, 0.25) is 0 Å².